The van der Waals surface area contributed by atoms with Crippen LogP contribution in [0.3, 0.4) is 0 Å². The van der Waals surface area contributed by atoms with E-state index in [-0.39, 0.29) is 6.42 Å². The Balaban J connectivity index is 2.56. The van der Waals surface area contributed by atoms with Gasteiger partial charge in [0, 0.05) is 12.4 Å². The number of hydrogen-bond donors (Lipinski definition) is 3. The number of hydrogen-bond acceptors (Lipinski definition) is 4. The van der Waals surface area contributed by atoms with E-state index in [0.717, 1.165) is 0 Å². The van der Waals surface area contributed by atoms with E-state index in [4.69, 9.17) is 10.8 Å². The molecule has 0 aliphatic carbocycles. The van der Waals surface area contributed by atoms with Crippen molar-refractivity contribution in [3.8, 4) is 0 Å². The average molecular weight is 251 g/mol. The molecule has 2 amide bonds. The van der Waals surface area contributed by atoms with Crippen molar-refractivity contribution in [1.82, 2.24) is 10.3 Å². The minimum atomic E-state index is -1.30. The summed E-state index contributed by atoms with van der Waals surface area (Å²) in [4.78, 5) is 36.8. The first-order valence-electron chi connectivity index (χ1n) is 5.18. The van der Waals surface area contributed by atoms with Crippen LogP contribution in [0.2, 0.25) is 0 Å². The summed E-state index contributed by atoms with van der Waals surface area (Å²) < 4.78 is 0. The Morgan fingerprint density at radius 3 is 2.67 bits per heavy atom. The highest BCUT2D eigenvalue weighted by atomic mass is 16.4. The lowest BCUT2D eigenvalue weighted by atomic mass is 10.1. The predicted octanol–water partition coefficient (Wildman–Crippen LogP) is -0.931. The summed E-state index contributed by atoms with van der Waals surface area (Å²) in [7, 11) is 0. The maximum atomic E-state index is 11.6. The first-order valence-corrected chi connectivity index (χ1v) is 5.18. The molecular weight excluding hydrogens is 238 g/mol. The number of pyridine rings is 1. The van der Waals surface area contributed by atoms with E-state index in [1.807, 2.05) is 0 Å². The highest BCUT2D eigenvalue weighted by Crippen LogP contribution is 1.98. The third kappa shape index (κ3) is 4.60. The number of aliphatic carboxylic acids is 1. The molecule has 1 aromatic rings. The number of rotatable bonds is 6. The van der Waals surface area contributed by atoms with Gasteiger partial charge in [-0.1, -0.05) is 6.07 Å². The van der Waals surface area contributed by atoms with Gasteiger partial charge in [0.1, 0.15) is 6.04 Å². The summed E-state index contributed by atoms with van der Waals surface area (Å²) in [5.74, 6) is -2.59. The molecule has 96 valence electrons. The molecular formula is C11H13N3O4. The highest BCUT2D eigenvalue weighted by molar-refractivity contribution is 5.88. The van der Waals surface area contributed by atoms with E-state index in [1.165, 1.54) is 6.20 Å². The van der Waals surface area contributed by atoms with Gasteiger partial charge >= 0.3 is 5.97 Å². The van der Waals surface area contributed by atoms with E-state index < -0.39 is 30.2 Å². The molecule has 1 rings (SSSR count). The van der Waals surface area contributed by atoms with Gasteiger partial charge in [0.2, 0.25) is 11.8 Å². The Labute approximate surface area is 103 Å². The fraction of sp³-hybridized carbons (Fsp3) is 0.273. The lowest BCUT2D eigenvalue weighted by Gasteiger charge is -2.12. The van der Waals surface area contributed by atoms with Crippen molar-refractivity contribution >= 4 is 17.8 Å². The van der Waals surface area contributed by atoms with Crippen LogP contribution < -0.4 is 11.1 Å². The largest absolute Gasteiger partial charge is 0.480 e. The Kier molecular flexibility index (Phi) is 4.79. The Morgan fingerprint density at radius 2 is 2.17 bits per heavy atom. The Hall–Kier alpha value is -2.44. The summed E-state index contributed by atoms with van der Waals surface area (Å²) in [5, 5.41) is 11.0. The van der Waals surface area contributed by atoms with E-state index >= 15 is 0 Å². The number of nitrogens with one attached hydrogen (secondary N) is 1. The molecule has 0 saturated heterocycles. The number of primary amides is 1. The first kappa shape index (κ1) is 13.6. The number of nitrogens with zero attached hydrogens (tertiary/aromatic N) is 1. The van der Waals surface area contributed by atoms with Crippen LogP contribution in [0, 0.1) is 0 Å². The zero-order chi connectivity index (χ0) is 13.5. The van der Waals surface area contributed by atoms with E-state index in [0.29, 0.717) is 5.56 Å². The monoisotopic (exact) mass is 251 g/mol. The van der Waals surface area contributed by atoms with Gasteiger partial charge in [-0.25, -0.2) is 4.79 Å². The minimum Gasteiger partial charge on any atom is -0.480 e. The number of carboxylic acid groups (broad SMARTS) is 1. The van der Waals surface area contributed by atoms with Crippen molar-refractivity contribution in [3.05, 3.63) is 30.1 Å². The number of carbonyl (C=O) groups is 3. The van der Waals surface area contributed by atoms with Crippen LogP contribution >= 0.6 is 0 Å². The predicted molar refractivity (Wildman–Crippen MR) is 61.3 cm³/mol. The molecule has 4 N–H and O–H groups in total. The number of amides is 2. The molecule has 1 heterocycles. The molecule has 0 spiro atoms. The fourth-order valence-corrected chi connectivity index (χ4v) is 1.33. The molecule has 0 aliphatic heterocycles. The first-order chi connectivity index (χ1) is 8.49. The zero-order valence-corrected chi connectivity index (χ0v) is 9.50. The molecule has 7 heteroatoms. The van der Waals surface area contributed by atoms with Crippen LogP contribution in [0.1, 0.15) is 12.0 Å². The molecule has 0 radical (unpaired) electrons. The lowest BCUT2D eigenvalue weighted by Crippen LogP contribution is -2.43. The van der Waals surface area contributed by atoms with E-state index in [2.05, 4.69) is 10.3 Å². The number of carboxylic acids is 1. The quantitative estimate of drug-likeness (QED) is 0.602. The van der Waals surface area contributed by atoms with E-state index in [1.54, 1.807) is 18.3 Å². The molecule has 7 nitrogen and oxygen atoms in total. The van der Waals surface area contributed by atoms with Gasteiger partial charge in [0.15, 0.2) is 0 Å². The number of aromatic nitrogens is 1. The number of carbonyl (C=O) groups excluding carboxylic acids is 2. The van der Waals surface area contributed by atoms with Gasteiger partial charge in [-0.2, -0.15) is 0 Å². The van der Waals surface area contributed by atoms with Crippen LogP contribution in [0.25, 0.3) is 0 Å². The molecule has 1 aromatic heterocycles. The molecule has 0 fully saturated rings. The lowest BCUT2D eigenvalue weighted by molar-refractivity contribution is -0.143. The second kappa shape index (κ2) is 6.33. The second-order valence-corrected chi connectivity index (χ2v) is 3.67. The van der Waals surface area contributed by atoms with Gasteiger partial charge in [-0.05, 0) is 11.6 Å². The highest BCUT2D eigenvalue weighted by Gasteiger charge is 2.21. The van der Waals surface area contributed by atoms with Gasteiger partial charge < -0.3 is 16.2 Å². The number of nitrogens with two attached hydrogens (primary N) is 1. The van der Waals surface area contributed by atoms with Gasteiger partial charge in [0.25, 0.3) is 0 Å². The summed E-state index contributed by atoms with van der Waals surface area (Å²) in [6.07, 6.45) is 2.63. The van der Waals surface area contributed by atoms with Crippen LogP contribution in [-0.2, 0) is 20.8 Å². The average Bonchev–Trinajstić information content (AvgIpc) is 2.28. The topological polar surface area (TPSA) is 122 Å². The summed E-state index contributed by atoms with van der Waals surface area (Å²) in [6, 6.07) is 2.06. The SMILES string of the molecule is NC(=O)C[C@@H](NC(=O)Cc1cccnc1)C(=O)O. The van der Waals surface area contributed by atoms with Crippen LogP contribution in [0.5, 0.6) is 0 Å². The molecule has 0 unspecified atom stereocenters. The summed E-state index contributed by atoms with van der Waals surface area (Å²) in [6.45, 7) is 0. The van der Waals surface area contributed by atoms with Crippen LogP contribution in [0.15, 0.2) is 24.5 Å². The molecule has 1 atom stereocenters. The summed E-state index contributed by atoms with van der Waals surface area (Å²) >= 11 is 0. The maximum Gasteiger partial charge on any atom is 0.326 e. The van der Waals surface area contributed by atoms with E-state index in [9.17, 15) is 14.4 Å². The molecule has 0 aromatic carbocycles. The Morgan fingerprint density at radius 1 is 1.44 bits per heavy atom. The molecule has 0 aliphatic rings. The molecule has 0 bridgehead atoms. The molecule has 0 saturated carbocycles. The van der Waals surface area contributed by atoms with Crippen molar-refractivity contribution < 1.29 is 19.5 Å². The standard InChI is InChI=1S/C11H13N3O4/c12-9(15)5-8(11(17)18)14-10(16)4-7-2-1-3-13-6-7/h1-3,6,8H,4-5H2,(H2,12,15)(H,14,16)(H,17,18)/t8-/m1/s1. The van der Waals surface area contributed by atoms with Crippen LogP contribution in [0.4, 0.5) is 0 Å². The zero-order valence-electron chi connectivity index (χ0n) is 9.50. The second-order valence-electron chi connectivity index (χ2n) is 3.67. The fourth-order valence-electron chi connectivity index (χ4n) is 1.33. The van der Waals surface area contributed by atoms with Crippen LogP contribution in [-0.4, -0.2) is 33.9 Å². The Bertz CT molecular complexity index is 447. The van der Waals surface area contributed by atoms with Crippen molar-refractivity contribution in [1.29, 1.82) is 0 Å². The third-order valence-electron chi connectivity index (χ3n) is 2.13. The van der Waals surface area contributed by atoms with Gasteiger partial charge in [0.05, 0.1) is 12.8 Å². The minimum absolute atomic E-state index is 0.00359. The smallest absolute Gasteiger partial charge is 0.326 e. The van der Waals surface area contributed by atoms with Gasteiger partial charge in [-0.3, -0.25) is 14.6 Å². The van der Waals surface area contributed by atoms with Crippen molar-refractivity contribution in [2.75, 3.05) is 0 Å². The third-order valence-corrected chi connectivity index (χ3v) is 2.13. The van der Waals surface area contributed by atoms with Crippen molar-refractivity contribution in [3.63, 3.8) is 0 Å². The normalized spacial score (nSPS) is 11.6. The van der Waals surface area contributed by atoms with Crippen molar-refractivity contribution in [2.45, 2.75) is 18.9 Å². The van der Waals surface area contributed by atoms with Gasteiger partial charge in [-0.15, -0.1) is 0 Å². The molecule has 18 heavy (non-hydrogen) atoms. The maximum absolute atomic E-state index is 11.6. The summed E-state index contributed by atoms with van der Waals surface area (Å²) in [5.41, 5.74) is 5.55. The van der Waals surface area contributed by atoms with Crippen molar-refractivity contribution in [2.24, 2.45) is 5.73 Å².